The van der Waals surface area contributed by atoms with Crippen molar-refractivity contribution in [3.63, 3.8) is 0 Å². The molecule has 0 fully saturated rings. The molecule has 0 N–H and O–H groups in total. The molecule has 0 bridgehead atoms. The normalized spacial score (nSPS) is 19.0. The van der Waals surface area contributed by atoms with Crippen LogP contribution in [0.4, 0.5) is 11.4 Å². The van der Waals surface area contributed by atoms with E-state index in [9.17, 15) is 0 Å². The van der Waals surface area contributed by atoms with Crippen molar-refractivity contribution in [2.45, 2.75) is 18.8 Å². The first-order valence-corrected chi connectivity index (χ1v) is 16.7. The fourth-order valence-electron chi connectivity index (χ4n) is 8.98. The lowest BCUT2D eigenvalue weighted by Gasteiger charge is -2.40. The van der Waals surface area contributed by atoms with Crippen LogP contribution in [0.1, 0.15) is 35.6 Å². The highest BCUT2D eigenvalue weighted by atomic mass is 15.2. The van der Waals surface area contributed by atoms with Crippen molar-refractivity contribution < 1.29 is 0 Å². The van der Waals surface area contributed by atoms with E-state index in [1.807, 2.05) is 0 Å². The summed E-state index contributed by atoms with van der Waals surface area (Å²) in [5, 5.41) is 2.49. The topological polar surface area (TPSA) is 3.24 Å². The molecule has 1 spiro atoms. The van der Waals surface area contributed by atoms with E-state index in [1.54, 1.807) is 0 Å². The van der Waals surface area contributed by atoms with Gasteiger partial charge >= 0.3 is 0 Å². The Hall–Kier alpha value is -5.66. The lowest BCUT2D eigenvalue weighted by atomic mass is 9.70. The fourth-order valence-corrected chi connectivity index (χ4v) is 8.98. The zero-order valence-corrected chi connectivity index (χ0v) is 26.3. The van der Waals surface area contributed by atoms with E-state index in [2.05, 4.69) is 182 Å². The molecule has 0 aromatic heterocycles. The molecule has 0 aliphatic heterocycles. The SMILES string of the molecule is CC12C=CC=C(N(c3ccc4c(c3)C3(c5ccccc5-c5ccccc53)c3ccccc3-4)c3cccc4ccccc34)C1=CC=CC2. The molecule has 1 unspecified atom stereocenters. The summed E-state index contributed by atoms with van der Waals surface area (Å²) in [6, 6.07) is 49.9. The molecule has 1 atom stereocenters. The number of anilines is 2. The van der Waals surface area contributed by atoms with Crippen LogP contribution >= 0.6 is 0 Å². The molecule has 6 aromatic carbocycles. The first-order valence-electron chi connectivity index (χ1n) is 16.7. The number of nitrogens with zero attached hydrogens (tertiary/aromatic N) is 1. The molecule has 222 valence electrons. The third kappa shape index (κ3) is 3.49. The largest absolute Gasteiger partial charge is 0.310 e. The molecule has 1 heteroatoms. The van der Waals surface area contributed by atoms with Gasteiger partial charge in [0.15, 0.2) is 0 Å². The minimum absolute atomic E-state index is 0.0564. The van der Waals surface area contributed by atoms with Crippen LogP contribution in [0.3, 0.4) is 0 Å². The molecule has 0 heterocycles. The van der Waals surface area contributed by atoms with Gasteiger partial charge < -0.3 is 4.90 Å². The number of benzene rings is 6. The minimum atomic E-state index is -0.387. The Morgan fingerprint density at radius 3 is 1.89 bits per heavy atom. The second kappa shape index (κ2) is 9.67. The van der Waals surface area contributed by atoms with E-state index < -0.39 is 0 Å². The van der Waals surface area contributed by atoms with E-state index in [0.29, 0.717) is 0 Å². The lowest BCUT2D eigenvalue weighted by molar-refractivity contribution is 0.517. The van der Waals surface area contributed by atoms with E-state index in [1.165, 1.54) is 77.9 Å². The van der Waals surface area contributed by atoms with Crippen LogP contribution in [0.2, 0.25) is 0 Å². The van der Waals surface area contributed by atoms with E-state index in [-0.39, 0.29) is 10.8 Å². The molecule has 0 amide bonds. The molecule has 47 heavy (non-hydrogen) atoms. The van der Waals surface area contributed by atoms with Crippen molar-refractivity contribution in [2.24, 2.45) is 5.41 Å². The number of fused-ring (bicyclic) bond motifs is 12. The third-order valence-corrected chi connectivity index (χ3v) is 11.0. The third-order valence-electron chi connectivity index (χ3n) is 11.0. The Balaban J connectivity index is 1.29. The average molecular weight is 600 g/mol. The highest BCUT2D eigenvalue weighted by molar-refractivity contribution is 6.00. The van der Waals surface area contributed by atoms with E-state index in [4.69, 9.17) is 0 Å². The highest BCUT2D eigenvalue weighted by Gasteiger charge is 2.51. The molecular weight excluding hydrogens is 567 g/mol. The summed E-state index contributed by atoms with van der Waals surface area (Å²) in [5.41, 5.74) is 15.3. The Kier molecular flexibility index (Phi) is 5.46. The number of hydrogen-bond donors (Lipinski definition) is 0. The van der Waals surface area contributed by atoms with Gasteiger partial charge in [0.25, 0.3) is 0 Å². The van der Waals surface area contributed by atoms with Gasteiger partial charge in [-0.25, -0.2) is 0 Å². The average Bonchev–Trinajstić information content (AvgIpc) is 3.59. The van der Waals surface area contributed by atoms with Crippen LogP contribution in [0.25, 0.3) is 33.0 Å². The van der Waals surface area contributed by atoms with Crippen molar-refractivity contribution in [2.75, 3.05) is 4.90 Å². The molecule has 4 aliphatic rings. The lowest BCUT2D eigenvalue weighted by Crippen LogP contribution is -2.29. The van der Waals surface area contributed by atoms with E-state index in [0.717, 1.165) is 6.42 Å². The molecule has 0 saturated heterocycles. The Bertz CT molecular complexity index is 2350. The summed E-state index contributed by atoms with van der Waals surface area (Å²) >= 11 is 0. The molecule has 10 rings (SSSR count). The summed E-state index contributed by atoms with van der Waals surface area (Å²) in [4.78, 5) is 2.53. The van der Waals surface area contributed by atoms with Crippen LogP contribution in [-0.2, 0) is 5.41 Å². The Morgan fingerprint density at radius 2 is 1.17 bits per heavy atom. The van der Waals surface area contributed by atoms with Crippen LogP contribution < -0.4 is 4.90 Å². The van der Waals surface area contributed by atoms with Crippen molar-refractivity contribution in [3.05, 3.63) is 203 Å². The number of allylic oxidation sites excluding steroid dienone is 7. The second-order valence-corrected chi connectivity index (χ2v) is 13.5. The Labute approximate surface area is 276 Å². The number of rotatable bonds is 3. The summed E-state index contributed by atoms with van der Waals surface area (Å²) in [6.45, 7) is 2.37. The van der Waals surface area contributed by atoms with Gasteiger partial charge in [-0.1, -0.05) is 153 Å². The summed E-state index contributed by atoms with van der Waals surface area (Å²) in [5.74, 6) is 0. The van der Waals surface area contributed by atoms with Crippen molar-refractivity contribution >= 4 is 22.1 Å². The van der Waals surface area contributed by atoms with E-state index >= 15 is 0 Å². The highest BCUT2D eigenvalue weighted by Crippen LogP contribution is 2.63. The first-order chi connectivity index (χ1) is 23.2. The molecular formula is C46H33N. The van der Waals surface area contributed by atoms with Gasteiger partial charge in [-0.3, -0.25) is 0 Å². The minimum Gasteiger partial charge on any atom is -0.310 e. The summed E-state index contributed by atoms with van der Waals surface area (Å²) in [6.07, 6.45) is 14.8. The molecule has 0 saturated carbocycles. The standard InChI is InChI=1S/C46H33N/c1-45-28-11-10-23-41(45)44(25-13-29-45)47(43-24-12-15-31-14-2-3-16-33(31)43)32-26-27-37-36-19-6-9-22-40(36)46(42(37)30-32)38-20-7-4-17-34(38)35-18-5-8-21-39(35)46/h2-27,29-30H,28H2,1H3. The second-order valence-electron chi connectivity index (χ2n) is 13.5. The predicted molar refractivity (Wildman–Crippen MR) is 196 cm³/mol. The van der Waals surface area contributed by atoms with Crippen LogP contribution in [-0.4, -0.2) is 0 Å². The van der Waals surface area contributed by atoms with Crippen molar-refractivity contribution in [3.8, 4) is 22.3 Å². The van der Waals surface area contributed by atoms with Crippen LogP contribution in [0, 0.1) is 5.41 Å². The molecule has 0 radical (unpaired) electrons. The van der Waals surface area contributed by atoms with Crippen molar-refractivity contribution in [1.82, 2.24) is 0 Å². The fraction of sp³-hybridized carbons (Fsp3) is 0.0870. The zero-order chi connectivity index (χ0) is 31.2. The van der Waals surface area contributed by atoms with Gasteiger partial charge in [-0.2, -0.15) is 0 Å². The maximum absolute atomic E-state index is 2.53. The number of hydrogen-bond acceptors (Lipinski definition) is 1. The molecule has 6 aromatic rings. The first kappa shape index (κ1) is 26.5. The zero-order valence-electron chi connectivity index (χ0n) is 26.3. The molecule has 1 nitrogen and oxygen atoms in total. The van der Waals surface area contributed by atoms with Gasteiger partial charge in [0.05, 0.1) is 16.8 Å². The summed E-state index contributed by atoms with van der Waals surface area (Å²) < 4.78 is 0. The summed E-state index contributed by atoms with van der Waals surface area (Å²) in [7, 11) is 0. The van der Waals surface area contributed by atoms with Gasteiger partial charge in [0.1, 0.15) is 0 Å². The maximum atomic E-state index is 2.53. The van der Waals surface area contributed by atoms with Crippen molar-refractivity contribution in [1.29, 1.82) is 0 Å². The van der Waals surface area contributed by atoms with Gasteiger partial charge in [0, 0.05) is 16.5 Å². The smallest absolute Gasteiger partial charge is 0.0726 e. The monoisotopic (exact) mass is 599 g/mol. The van der Waals surface area contributed by atoms with Gasteiger partial charge in [-0.05, 0) is 86.2 Å². The van der Waals surface area contributed by atoms with Crippen LogP contribution in [0.15, 0.2) is 181 Å². The quantitative estimate of drug-likeness (QED) is 0.195. The Morgan fingerprint density at radius 1 is 0.553 bits per heavy atom. The van der Waals surface area contributed by atoms with Crippen LogP contribution in [0.5, 0.6) is 0 Å². The predicted octanol–water partition coefficient (Wildman–Crippen LogP) is 11.7. The maximum Gasteiger partial charge on any atom is 0.0726 e. The van der Waals surface area contributed by atoms with Gasteiger partial charge in [0.2, 0.25) is 0 Å². The molecule has 4 aliphatic carbocycles. The van der Waals surface area contributed by atoms with Gasteiger partial charge in [-0.15, -0.1) is 0 Å².